The number of nitrogens with zero attached hydrogens (tertiary/aromatic N) is 1. The molecular formula is C23H21F2N5O2S. The summed E-state index contributed by atoms with van der Waals surface area (Å²) < 4.78 is 55.5. The van der Waals surface area contributed by atoms with Crippen LogP contribution in [0.1, 0.15) is 29.7 Å². The van der Waals surface area contributed by atoms with E-state index in [4.69, 9.17) is 11.1 Å². The van der Waals surface area contributed by atoms with Gasteiger partial charge < -0.3 is 16.5 Å². The summed E-state index contributed by atoms with van der Waals surface area (Å²) in [4.78, 5) is 2.73. The fourth-order valence-electron chi connectivity index (χ4n) is 3.12. The Morgan fingerprint density at radius 3 is 2.64 bits per heavy atom. The average molecular weight is 470 g/mol. The van der Waals surface area contributed by atoms with Crippen molar-refractivity contribution >= 4 is 27.7 Å². The van der Waals surface area contributed by atoms with Crippen molar-refractivity contribution in [3.63, 3.8) is 0 Å². The smallest absolute Gasteiger partial charge is 0.265 e. The molecule has 1 aromatic heterocycles. The molecule has 5 N–H and O–H groups in total. The van der Waals surface area contributed by atoms with E-state index < -0.39 is 26.7 Å². The number of nitrogens with two attached hydrogens (primary N) is 1. The van der Waals surface area contributed by atoms with Crippen LogP contribution in [0.4, 0.5) is 20.3 Å². The lowest BCUT2D eigenvalue weighted by Gasteiger charge is -2.20. The summed E-state index contributed by atoms with van der Waals surface area (Å²) in [5, 5.41) is 10.8. The molecule has 0 amide bonds. The van der Waals surface area contributed by atoms with Crippen LogP contribution in [0.25, 0.3) is 0 Å². The first kappa shape index (κ1) is 23.8. The molecule has 0 unspecified atom stereocenters. The molecule has 2 aromatic carbocycles. The monoisotopic (exact) mass is 469 g/mol. The molecule has 0 bridgehead atoms. The predicted octanol–water partition coefficient (Wildman–Crippen LogP) is 3.64. The molecule has 10 heteroatoms. The third-order valence-corrected chi connectivity index (χ3v) is 6.00. The zero-order valence-electron chi connectivity index (χ0n) is 17.6. The molecular weight excluding hydrogens is 448 g/mol. The number of sulfonamides is 1. The molecule has 0 aliphatic carbocycles. The van der Waals surface area contributed by atoms with Crippen LogP contribution in [-0.2, 0) is 10.0 Å². The van der Waals surface area contributed by atoms with Crippen LogP contribution >= 0.6 is 0 Å². The first-order valence-corrected chi connectivity index (χ1v) is 11.3. The summed E-state index contributed by atoms with van der Waals surface area (Å²) in [7, 11) is -4.42. The van der Waals surface area contributed by atoms with Crippen molar-refractivity contribution in [2.75, 3.05) is 16.6 Å². The van der Waals surface area contributed by atoms with Gasteiger partial charge in [0, 0.05) is 29.1 Å². The van der Waals surface area contributed by atoms with Gasteiger partial charge in [-0.15, -0.1) is 0 Å². The molecule has 0 fully saturated rings. The maximum absolute atomic E-state index is 14.9. The third-order valence-electron chi connectivity index (χ3n) is 4.63. The minimum atomic E-state index is -4.42. The van der Waals surface area contributed by atoms with E-state index >= 15 is 0 Å². The van der Waals surface area contributed by atoms with Gasteiger partial charge in [0.1, 0.15) is 16.5 Å². The van der Waals surface area contributed by atoms with Gasteiger partial charge in [-0.1, -0.05) is 36.1 Å². The van der Waals surface area contributed by atoms with Gasteiger partial charge >= 0.3 is 0 Å². The van der Waals surface area contributed by atoms with Gasteiger partial charge in [-0.05, 0) is 42.8 Å². The molecule has 170 valence electrons. The second-order valence-electron chi connectivity index (χ2n) is 6.92. The summed E-state index contributed by atoms with van der Waals surface area (Å²) in [6.07, 6.45) is 0.911. The molecule has 0 aliphatic heterocycles. The summed E-state index contributed by atoms with van der Waals surface area (Å²) in [6, 6.07) is 12.6. The lowest BCUT2D eigenvalue weighted by atomic mass is 10.0. The molecule has 0 aliphatic rings. The van der Waals surface area contributed by atoms with Crippen LogP contribution < -0.4 is 15.8 Å². The number of halogens is 2. The number of hydrogen-bond donors (Lipinski definition) is 4. The van der Waals surface area contributed by atoms with Crippen LogP contribution in [0.3, 0.4) is 0 Å². The number of aromatic nitrogens is 1. The Hall–Kier alpha value is -3.81. The van der Waals surface area contributed by atoms with Crippen molar-refractivity contribution < 1.29 is 17.2 Å². The highest BCUT2D eigenvalue weighted by molar-refractivity contribution is 7.92. The average Bonchev–Trinajstić information content (AvgIpc) is 2.77. The van der Waals surface area contributed by atoms with Crippen LogP contribution in [0.2, 0.25) is 0 Å². The standard InChI is InChI=1S/C23H21F2N5O2S/c1-15(18-8-3-2-6-16(18)7-5-11-26)28-20-13-19(24)21(12-17(20)14-27)33(31,32)30-23-10-4-9-22(25)29-23/h2-4,6,8-10,12-15,27-28H,11,26H2,1H3,(H,29,30)/t15-/m1/s1. The Morgan fingerprint density at radius 1 is 1.18 bits per heavy atom. The van der Waals surface area contributed by atoms with Gasteiger partial charge in [0.2, 0.25) is 5.95 Å². The molecule has 1 atom stereocenters. The van der Waals surface area contributed by atoms with E-state index in [-0.39, 0.29) is 29.7 Å². The van der Waals surface area contributed by atoms with Crippen LogP contribution in [-0.4, -0.2) is 26.2 Å². The second kappa shape index (κ2) is 10.2. The Bertz CT molecular complexity index is 1350. The molecule has 0 radical (unpaired) electrons. The number of rotatable bonds is 7. The normalized spacial score (nSPS) is 11.8. The molecule has 33 heavy (non-hydrogen) atoms. The van der Waals surface area contributed by atoms with Gasteiger partial charge in [-0.2, -0.15) is 4.39 Å². The topological polar surface area (TPSA) is 121 Å². The largest absolute Gasteiger partial charge is 0.378 e. The van der Waals surface area contributed by atoms with Crippen molar-refractivity contribution in [3.8, 4) is 11.8 Å². The maximum atomic E-state index is 14.9. The van der Waals surface area contributed by atoms with E-state index in [0.717, 1.165) is 35.5 Å². The Kier molecular flexibility index (Phi) is 7.37. The van der Waals surface area contributed by atoms with Gasteiger partial charge in [0.05, 0.1) is 6.54 Å². The first-order valence-electron chi connectivity index (χ1n) is 9.79. The molecule has 0 saturated carbocycles. The van der Waals surface area contributed by atoms with Crippen molar-refractivity contribution in [1.29, 1.82) is 5.41 Å². The van der Waals surface area contributed by atoms with Gasteiger partial charge in [-0.3, -0.25) is 4.72 Å². The van der Waals surface area contributed by atoms with E-state index in [2.05, 4.69) is 22.1 Å². The summed E-state index contributed by atoms with van der Waals surface area (Å²) >= 11 is 0. The van der Waals surface area contributed by atoms with Crippen molar-refractivity contribution in [3.05, 3.63) is 83.1 Å². The fraction of sp³-hybridized carbons (Fsp3) is 0.130. The molecule has 0 saturated heterocycles. The van der Waals surface area contributed by atoms with Gasteiger partial charge in [0.15, 0.2) is 0 Å². The predicted molar refractivity (Wildman–Crippen MR) is 124 cm³/mol. The highest BCUT2D eigenvalue weighted by atomic mass is 32.2. The molecule has 7 nitrogen and oxygen atoms in total. The molecule has 0 spiro atoms. The zero-order valence-corrected chi connectivity index (χ0v) is 18.4. The summed E-state index contributed by atoms with van der Waals surface area (Å²) in [5.41, 5.74) is 7.38. The van der Waals surface area contributed by atoms with Crippen molar-refractivity contribution in [1.82, 2.24) is 4.98 Å². The summed E-state index contributed by atoms with van der Waals surface area (Å²) in [5.74, 6) is 3.55. The number of pyridine rings is 1. The SMILES string of the molecule is C[C@@H](Nc1cc(F)c(S(=O)(=O)Nc2cccc(F)n2)cc1C=N)c1ccccc1C#CCN. The Morgan fingerprint density at radius 2 is 1.94 bits per heavy atom. The van der Waals surface area contributed by atoms with E-state index in [1.807, 2.05) is 35.9 Å². The lowest BCUT2D eigenvalue weighted by molar-refractivity contribution is 0.569. The first-order chi connectivity index (χ1) is 15.7. The number of anilines is 2. The molecule has 1 heterocycles. The van der Waals surface area contributed by atoms with E-state index in [0.29, 0.717) is 0 Å². The van der Waals surface area contributed by atoms with E-state index in [1.54, 1.807) is 0 Å². The minimum Gasteiger partial charge on any atom is -0.378 e. The highest BCUT2D eigenvalue weighted by Gasteiger charge is 2.23. The number of benzene rings is 2. The quantitative estimate of drug-likeness (QED) is 0.239. The Balaban J connectivity index is 1.93. The number of nitrogens with one attached hydrogen (secondary N) is 3. The third kappa shape index (κ3) is 5.71. The zero-order chi connectivity index (χ0) is 24.0. The van der Waals surface area contributed by atoms with Crippen molar-refractivity contribution in [2.24, 2.45) is 5.73 Å². The highest BCUT2D eigenvalue weighted by Crippen LogP contribution is 2.28. The molecule has 3 rings (SSSR count). The lowest BCUT2D eigenvalue weighted by Crippen LogP contribution is -2.17. The van der Waals surface area contributed by atoms with E-state index in [1.165, 1.54) is 12.1 Å². The van der Waals surface area contributed by atoms with Gasteiger partial charge in [-0.25, -0.2) is 17.8 Å². The fourth-order valence-corrected chi connectivity index (χ4v) is 4.22. The van der Waals surface area contributed by atoms with Crippen LogP contribution in [0, 0.1) is 29.0 Å². The molecule has 3 aromatic rings. The van der Waals surface area contributed by atoms with Crippen LogP contribution in [0.5, 0.6) is 0 Å². The van der Waals surface area contributed by atoms with Crippen LogP contribution in [0.15, 0.2) is 59.5 Å². The maximum Gasteiger partial charge on any atom is 0.265 e. The minimum absolute atomic E-state index is 0.140. The van der Waals surface area contributed by atoms with Crippen molar-refractivity contribution in [2.45, 2.75) is 17.9 Å². The second-order valence-corrected chi connectivity index (χ2v) is 8.58. The van der Waals surface area contributed by atoms with Gasteiger partial charge in [0.25, 0.3) is 10.0 Å². The number of hydrogen-bond acceptors (Lipinski definition) is 6. The summed E-state index contributed by atoms with van der Waals surface area (Å²) in [6.45, 7) is 2.03. The van der Waals surface area contributed by atoms with E-state index in [9.17, 15) is 17.2 Å². The Labute approximate surface area is 190 Å².